The van der Waals surface area contributed by atoms with Crippen molar-refractivity contribution in [2.24, 2.45) is 17.3 Å². The summed E-state index contributed by atoms with van der Waals surface area (Å²) in [4.78, 5) is 25.6. The lowest BCUT2D eigenvalue weighted by Gasteiger charge is -2.39. The van der Waals surface area contributed by atoms with E-state index >= 15 is 0 Å². The highest BCUT2D eigenvalue weighted by atomic mass is 32.2. The maximum Gasteiger partial charge on any atom is 0.315 e. The van der Waals surface area contributed by atoms with E-state index in [1.807, 2.05) is 19.1 Å². The second-order valence-corrected chi connectivity index (χ2v) is 11.6. The molecule has 0 amide bonds. The summed E-state index contributed by atoms with van der Waals surface area (Å²) in [5.41, 5.74) is 4.88. The highest BCUT2D eigenvalue weighted by Crippen LogP contribution is 2.45. The molecule has 0 saturated heterocycles. The number of carbonyl (C=O) groups excluding carboxylic acids is 2. The smallest absolute Gasteiger partial charge is 0.315 e. The Hall–Kier alpha value is -2.33. The summed E-state index contributed by atoms with van der Waals surface area (Å²) in [6.45, 7) is 8.89. The Balaban J connectivity index is 1.29. The lowest BCUT2D eigenvalue weighted by Crippen LogP contribution is -2.38. The van der Waals surface area contributed by atoms with Crippen LogP contribution in [0, 0.1) is 17.3 Å². The molecule has 33 heavy (non-hydrogen) atoms. The third-order valence-corrected chi connectivity index (χ3v) is 8.28. The fourth-order valence-corrected chi connectivity index (χ4v) is 6.39. The van der Waals surface area contributed by atoms with Crippen molar-refractivity contribution in [1.82, 2.24) is 0 Å². The number of ether oxygens (including phenoxy) is 1. The predicted molar refractivity (Wildman–Crippen MR) is 136 cm³/mol. The SMILES string of the molecule is CC(CC(=O)C1C(C)C=CCC1(C)C)SCC(=O)OCC1c2ccccc2-c2ccccc21. The second kappa shape index (κ2) is 9.89. The minimum atomic E-state index is -0.213. The molecule has 3 unspecified atom stereocenters. The number of thioether (sulfide) groups is 1. The summed E-state index contributed by atoms with van der Waals surface area (Å²) in [6, 6.07) is 16.7. The predicted octanol–water partition coefficient (Wildman–Crippen LogP) is 6.66. The first-order valence-electron chi connectivity index (χ1n) is 11.9. The van der Waals surface area contributed by atoms with Crippen LogP contribution >= 0.6 is 11.8 Å². The van der Waals surface area contributed by atoms with E-state index in [1.54, 1.807) is 0 Å². The number of rotatable bonds is 8. The number of esters is 1. The summed E-state index contributed by atoms with van der Waals surface area (Å²) >= 11 is 1.52. The highest BCUT2D eigenvalue weighted by Gasteiger charge is 2.39. The first-order valence-corrected chi connectivity index (χ1v) is 13.0. The van der Waals surface area contributed by atoms with Crippen LogP contribution in [0.3, 0.4) is 0 Å². The summed E-state index contributed by atoms with van der Waals surface area (Å²) in [5.74, 6) is 0.752. The number of Topliss-reactive ketones (excluding diaryl/α,β-unsaturated/α-hetero) is 1. The van der Waals surface area contributed by atoms with Crippen molar-refractivity contribution in [1.29, 1.82) is 0 Å². The Labute approximate surface area is 202 Å². The molecule has 2 aliphatic carbocycles. The molecule has 2 aliphatic rings. The molecule has 0 spiro atoms. The van der Waals surface area contributed by atoms with Crippen molar-refractivity contribution in [3.8, 4) is 11.1 Å². The third kappa shape index (κ3) is 5.11. The van der Waals surface area contributed by atoms with Gasteiger partial charge in [0.2, 0.25) is 0 Å². The molecule has 4 rings (SSSR count). The van der Waals surface area contributed by atoms with Crippen LogP contribution in [0.15, 0.2) is 60.7 Å². The van der Waals surface area contributed by atoms with E-state index in [1.165, 1.54) is 34.0 Å². The third-order valence-electron chi connectivity index (χ3n) is 7.15. The zero-order valence-electron chi connectivity index (χ0n) is 20.0. The molecule has 0 fully saturated rings. The number of benzene rings is 2. The molecule has 0 aliphatic heterocycles. The molecule has 3 atom stereocenters. The quantitative estimate of drug-likeness (QED) is 0.325. The van der Waals surface area contributed by atoms with Gasteiger partial charge in [0.05, 0.1) is 5.75 Å². The van der Waals surface area contributed by atoms with Gasteiger partial charge in [0, 0.05) is 23.5 Å². The van der Waals surface area contributed by atoms with E-state index in [2.05, 4.69) is 69.3 Å². The van der Waals surface area contributed by atoms with Crippen LogP contribution in [0.2, 0.25) is 0 Å². The molecule has 0 aromatic heterocycles. The van der Waals surface area contributed by atoms with Gasteiger partial charge in [-0.2, -0.15) is 0 Å². The van der Waals surface area contributed by atoms with Crippen molar-refractivity contribution in [2.45, 2.75) is 51.7 Å². The van der Waals surface area contributed by atoms with Crippen molar-refractivity contribution < 1.29 is 14.3 Å². The van der Waals surface area contributed by atoms with E-state index in [0.717, 1.165) is 6.42 Å². The Bertz CT molecular complexity index is 1010. The lowest BCUT2D eigenvalue weighted by molar-refractivity contribution is -0.140. The first-order chi connectivity index (χ1) is 15.8. The molecule has 0 radical (unpaired) electrons. The van der Waals surface area contributed by atoms with Crippen molar-refractivity contribution >= 4 is 23.5 Å². The molecule has 0 heterocycles. The zero-order chi connectivity index (χ0) is 23.6. The number of fused-ring (bicyclic) bond motifs is 3. The fraction of sp³-hybridized carbons (Fsp3) is 0.448. The van der Waals surface area contributed by atoms with Crippen LogP contribution in [0.1, 0.15) is 57.6 Å². The topological polar surface area (TPSA) is 43.4 Å². The van der Waals surface area contributed by atoms with Gasteiger partial charge in [-0.3, -0.25) is 9.59 Å². The average Bonchev–Trinajstić information content (AvgIpc) is 3.09. The number of allylic oxidation sites excluding steroid dienone is 2. The molecule has 2 aromatic carbocycles. The highest BCUT2D eigenvalue weighted by molar-refractivity contribution is 8.00. The van der Waals surface area contributed by atoms with Gasteiger partial charge in [-0.15, -0.1) is 11.8 Å². The van der Waals surface area contributed by atoms with Gasteiger partial charge in [0.15, 0.2) is 0 Å². The molecular weight excluding hydrogens is 428 g/mol. The van der Waals surface area contributed by atoms with Crippen molar-refractivity contribution in [3.63, 3.8) is 0 Å². The summed E-state index contributed by atoms with van der Waals surface area (Å²) < 4.78 is 5.71. The average molecular weight is 463 g/mol. The molecule has 4 heteroatoms. The lowest BCUT2D eigenvalue weighted by atomic mass is 9.65. The van der Waals surface area contributed by atoms with Gasteiger partial charge < -0.3 is 4.74 Å². The van der Waals surface area contributed by atoms with Crippen LogP contribution in [0.5, 0.6) is 0 Å². The largest absolute Gasteiger partial charge is 0.464 e. The van der Waals surface area contributed by atoms with Crippen LogP contribution < -0.4 is 0 Å². The molecule has 3 nitrogen and oxygen atoms in total. The number of ketones is 1. The molecule has 2 aromatic rings. The van der Waals surface area contributed by atoms with E-state index in [-0.39, 0.29) is 40.1 Å². The Morgan fingerprint density at radius 3 is 2.27 bits per heavy atom. The Kier molecular flexibility index (Phi) is 7.13. The second-order valence-electron chi connectivity index (χ2n) is 10.2. The summed E-state index contributed by atoms with van der Waals surface area (Å²) in [7, 11) is 0. The normalized spacial score (nSPS) is 21.8. The maximum absolute atomic E-state index is 13.0. The van der Waals surface area contributed by atoms with E-state index in [0.29, 0.717) is 18.8 Å². The first kappa shape index (κ1) is 23.8. The monoisotopic (exact) mass is 462 g/mol. The van der Waals surface area contributed by atoms with Gasteiger partial charge in [-0.05, 0) is 40.0 Å². The van der Waals surface area contributed by atoms with Gasteiger partial charge >= 0.3 is 5.97 Å². The summed E-state index contributed by atoms with van der Waals surface area (Å²) in [6.07, 6.45) is 5.80. The van der Waals surface area contributed by atoms with E-state index < -0.39 is 0 Å². The molecule has 0 bridgehead atoms. The molecule has 0 N–H and O–H groups in total. The number of carbonyl (C=O) groups is 2. The van der Waals surface area contributed by atoms with Gasteiger partial charge in [-0.25, -0.2) is 0 Å². The van der Waals surface area contributed by atoms with Crippen LogP contribution in [-0.2, 0) is 14.3 Å². The van der Waals surface area contributed by atoms with E-state index in [4.69, 9.17) is 4.74 Å². The van der Waals surface area contributed by atoms with Gasteiger partial charge in [-0.1, -0.05) is 88.4 Å². The summed E-state index contributed by atoms with van der Waals surface area (Å²) in [5, 5.41) is 0.0897. The van der Waals surface area contributed by atoms with Gasteiger partial charge in [0.1, 0.15) is 12.4 Å². The molecule has 0 saturated carbocycles. The van der Waals surface area contributed by atoms with Crippen molar-refractivity contribution in [2.75, 3.05) is 12.4 Å². The molecule has 174 valence electrons. The van der Waals surface area contributed by atoms with Crippen LogP contribution in [0.4, 0.5) is 0 Å². The van der Waals surface area contributed by atoms with Gasteiger partial charge in [0.25, 0.3) is 0 Å². The number of hydrogen-bond donors (Lipinski definition) is 0. The molecular formula is C29H34O3S. The number of hydrogen-bond acceptors (Lipinski definition) is 4. The van der Waals surface area contributed by atoms with E-state index in [9.17, 15) is 9.59 Å². The van der Waals surface area contributed by atoms with Crippen LogP contribution in [-0.4, -0.2) is 29.4 Å². The van der Waals surface area contributed by atoms with Crippen molar-refractivity contribution in [3.05, 3.63) is 71.8 Å². The Morgan fingerprint density at radius 1 is 1.06 bits per heavy atom. The minimum absolute atomic E-state index is 0.0115. The fourth-order valence-electron chi connectivity index (χ4n) is 5.60. The standard InChI is InChI=1S/C29H34O3S/c1-19-10-9-15-29(3,4)28(19)26(30)16-20(2)33-18-27(31)32-17-25-23-13-7-5-11-21(23)22-12-6-8-14-24(22)25/h5-14,19-20,25,28H,15-18H2,1-4H3. The van der Waals surface area contributed by atoms with Crippen LogP contribution in [0.25, 0.3) is 11.1 Å². The minimum Gasteiger partial charge on any atom is -0.464 e. The Morgan fingerprint density at radius 2 is 1.67 bits per heavy atom. The zero-order valence-corrected chi connectivity index (χ0v) is 20.9. The maximum atomic E-state index is 13.0.